The summed E-state index contributed by atoms with van der Waals surface area (Å²) in [4.78, 5) is 37.4. The van der Waals surface area contributed by atoms with E-state index in [2.05, 4.69) is 4.98 Å². The topological polar surface area (TPSA) is 111 Å². The second-order valence-corrected chi connectivity index (χ2v) is 4.50. The van der Waals surface area contributed by atoms with Gasteiger partial charge in [-0.1, -0.05) is 0 Å². The van der Waals surface area contributed by atoms with Gasteiger partial charge in [0.15, 0.2) is 0 Å². The van der Waals surface area contributed by atoms with Gasteiger partial charge in [0, 0.05) is 7.05 Å². The molecule has 1 atom stereocenters. The van der Waals surface area contributed by atoms with Gasteiger partial charge in [0.1, 0.15) is 6.04 Å². The molecule has 8 nitrogen and oxygen atoms in total. The summed E-state index contributed by atoms with van der Waals surface area (Å²) >= 11 is 0. The number of carboxylic acid groups (broad SMARTS) is 2. The molecule has 0 aromatic carbocycles. The Bertz CT molecular complexity index is 635. The number of carbonyl (C=O) groups is 3. The number of carboxylic acids is 2. The molecule has 1 unspecified atom stereocenters. The van der Waals surface area contributed by atoms with Crippen molar-refractivity contribution in [2.75, 3.05) is 18.5 Å². The van der Waals surface area contributed by atoms with Crippen LogP contribution in [-0.2, 0) is 9.59 Å². The second-order valence-electron chi connectivity index (χ2n) is 4.50. The highest BCUT2D eigenvalue weighted by molar-refractivity contribution is 5.98. The quantitative estimate of drug-likeness (QED) is 0.610. The molecule has 2 heterocycles. The Balaban J connectivity index is 0.000000351. The highest BCUT2D eigenvalue weighted by Gasteiger charge is 2.40. The van der Waals surface area contributed by atoms with Crippen molar-refractivity contribution in [1.29, 1.82) is 0 Å². The maximum atomic E-state index is 12.6. The van der Waals surface area contributed by atoms with Gasteiger partial charge in [-0.05, 0) is 12.1 Å². The number of halogens is 4. The summed E-state index contributed by atoms with van der Waals surface area (Å²) in [5, 5.41) is 16.0. The minimum Gasteiger partial charge on any atom is -0.480 e. The maximum absolute atomic E-state index is 12.6. The first kappa shape index (κ1) is 19.1. The molecule has 1 saturated heterocycles. The third-order valence-corrected chi connectivity index (χ3v) is 2.91. The van der Waals surface area contributed by atoms with Crippen molar-refractivity contribution in [2.45, 2.75) is 12.2 Å². The minimum atomic E-state index is -5.08. The summed E-state index contributed by atoms with van der Waals surface area (Å²) in [6, 6.07) is 1.17. The van der Waals surface area contributed by atoms with Crippen molar-refractivity contribution in [3.05, 3.63) is 24.3 Å². The van der Waals surface area contributed by atoms with Crippen molar-refractivity contribution in [1.82, 2.24) is 9.88 Å². The highest BCUT2D eigenvalue weighted by Crippen LogP contribution is 2.22. The fraction of sp³-hybridized carbons (Fsp3) is 0.333. The number of hydrogen-bond acceptors (Lipinski definition) is 4. The van der Waals surface area contributed by atoms with Gasteiger partial charge >= 0.3 is 24.1 Å². The van der Waals surface area contributed by atoms with Crippen molar-refractivity contribution in [3.8, 4) is 0 Å². The van der Waals surface area contributed by atoms with Gasteiger partial charge in [0.05, 0.1) is 18.4 Å². The van der Waals surface area contributed by atoms with Gasteiger partial charge in [-0.3, -0.25) is 4.90 Å². The number of pyridine rings is 1. The first-order chi connectivity index (χ1) is 10.9. The number of rotatable bonds is 2. The number of urea groups is 1. The van der Waals surface area contributed by atoms with Crippen LogP contribution in [-0.4, -0.2) is 63.9 Å². The van der Waals surface area contributed by atoms with Crippen LogP contribution in [0.25, 0.3) is 0 Å². The second kappa shape index (κ2) is 7.10. The van der Waals surface area contributed by atoms with Gasteiger partial charge in [-0.25, -0.2) is 19.4 Å². The summed E-state index contributed by atoms with van der Waals surface area (Å²) in [6.45, 7) is 0.0258. The van der Waals surface area contributed by atoms with Gasteiger partial charge in [0.2, 0.25) is 5.95 Å². The lowest BCUT2D eigenvalue weighted by atomic mass is 10.3. The van der Waals surface area contributed by atoms with E-state index in [4.69, 9.17) is 15.0 Å². The lowest BCUT2D eigenvalue weighted by molar-refractivity contribution is -0.192. The van der Waals surface area contributed by atoms with E-state index in [1.165, 1.54) is 24.2 Å². The van der Waals surface area contributed by atoms with E-state index in [1.54, 1.807) is 0 Å². The summed E-state index contributed by atoms with van der Waals surface area (Å²) < 4.78 is 44.4. The van der Waals surface area contributed by atoms with E-state index in [1.807, 2.05) is 0 Å². The maximum Gasteiger partial charge on any atom is 0.490 e. The van der Waals surface area contributed by atoms with Crippen LogP contribution >= 0.6 is 0 Å². The van der Waals surface area contributed by atoms with E-state index in [0.717, 1.165) is 11.0 Å². The molecule has 0 spiro atoms. The SMILES string of the molecule is CN1C(=O)N(c2ccc(F)nc2)CC1C(=O)O.O=C(O)C(F)(F)F. The molecule has 1 aromatic heterocycles. The molecule has 2 N–H and O–H groups in total. The predicted molar refractivity (Wildman–Crippen MR) is 69.8 cm³/mol. The average molecular weight is 353 g/mol. The highest BCUT2D eigenvalue weighted by atomic mass is 19.4. The molecule has 1 fully saturated rings. The monoisotopic (exact) mass is 353 g/mol. The molecule has 24 heavy (non-hydrogen) atoms. The number of aliphatic carboxylic acids is 2. The van der Waals surface area contributed by atoms with Crippen LogP contribution in [0.1, 0.15) is 0 Å². The van der Waals surface area contributed by atoms with E-state index in [-0.39, 0.29) is 6.54 Å². The van der Waals surface area contributed by atoms with E-state index in [0.29, 0.717) is 5.69 Å². The van der Waals surface area contributed by atoms with Gasteiger partial charge in [-0.2, -0.15) is 17.6 Å². The number of nitrogens with zero attached hydrogens (tertiary/aromatic N) is 3. The Hall–Kier alpha value is -2.92. The molecular formula is C12H11F4N3O5. The van der Waals surface area contributed by atoms with Crippen molar-refractivity contribution in [3.63, 3.8) is 0 Å². The molecule has 1 aliphatic heterocycles. The number of aromatic nitrogens is 1. The van der Waals surface area contributed by atoms with Crippen LogP contribution < -0.4 is 4.90 Å². The van der Waals surface area contributed by atoms with Gasteiger partial charge < -0.3 is 15.1 Å². The zero-order chi connectivity index (χ0) is 18.7. The molecule has 2 rings (SSSR count). The lowest BCUT2D eigenvalue weighted by Gasteiger charge is -2.15. The Morgan fingerprint density at radius 3 is 2.17 bits per heavy atom. The number of hydrogen-bond donors (Lipinski definition) is 2. The van der Waals surface area contributed by atoms with E-state index >= 15 is 0 Å². The molecule has 0 bridgehead atoms. The van der Waals surface area contributed by atoms with Crippen LogP contribution in [0.5, 0.6) is 0 Å². The normalized spacial score (nSPS) is 17.4. The molecule has 1 aromatic rings. The summed E-state index contributed by atoms with van der Waals surface area (Å²) in [5.41, 5.74) is 0.381. The summed E-state index contributed by atoms with van der Waals surface area (Å²) in [6.07, 6.45) is -3.88. The third kappa shape index (κ3) is 4.54. The Morgan fingerprint density at radius 1 is 1.29 bits per heavy atom. The molecule has 132 valence electrons. The first-order valence-corrected chi connectivity index (χ1v) is 6.14. The number of carbonyl (C=O) groups excluding carboxylic acids is 1. The van der Waals surface area contributed by atoms with E-state index in [9.17, 15) is 27.2 Å². The average Bonchev–Trinajstić information content (AvgIpc) is 2.76. The van der Waals surface area contributed by atoms with Crippen LogP contribution in [0.4, 0.5) is 28.0 Å². The number of anilines is 1. The molecule has 2 amide bonds. The molecule has 0 radical (unpaired) electrons. The first-order valence-electron chi connectivity index (χ1n) is 6.14. The van der Waals surface area contributed by atoms with Crippen LogP contribution in [0.15, 0.2) is 18.3 Å². The Morgan fingerprint density at radius 2 is 1.83 bits per heavy atom. The lowest BCUT2D eigenvalue weighted by Crippen LogP contribution is -2.36. The van der Waals surface area contributed by atoms with Crippen molar-refractivity contribution < 1.29 is 42.2 Å². The zero-order valence-electron chi connectivity index (χ0n) is 12.0. The molecular weight excluding hydrogens is 342 g/mol. The van der Waals surface area contributed by atoms with Gasteiger partial charge in [0.25, 0.3) is 0 Å². The molecule has 1 aliphatic rings. The van der Waals surface area contributed by atoms with Crippen molar-refractivity contribution in [2.24, 2.45) is 0 Å². The molecule has 12 heteroatoms. The van der Waals surface area contributed by atoms with Crippen LogP contribution in [0.2, 0.25) is 0 Å². The number of alkyl halides is 3. The standard InChI is InChI=1S/C10H10FN3O3.C2HF3O2/c1-13-7(9(15)16)5-14(10(13)17)6-2-3-8(11)12-4-6;3-2(4,5)1(6)7/h2-4,7H,5H2,1H3,(H,15,16);(H,6,7). The van der Waals surface area contributed by atoms with Crippen LogP contribution in [0.3, 0.4) is 0 Å². The van der Waals surface area contributed by atoms with Crippen molar-refractivity contribution >= 4 is 23.7 Å². The Labute approximate surface area is 131 Å². The molecule has 0 saturated carbocycles. The number of amides is 2. The third-order valence-electron chi connectivity index (χ3n) is 2.91. The fourth-order valence-corrected chi connectivity index (χ4v) is 1.68. The van der Waals surface area contributed by atoms with Gasteiger partial charge in [-0.15, -0.1) is 0 Å². The molecule has 0 aliphatic carbocycles. The summed E-state index contributed by atoms with van der Waals surface area (Å²) in [7, 11) is 1.41. The Kier molecular flexibility index (Phi) is 5.66. The smallest absolute Gasteiger partial charge is 0.480 e. The largest absolute Gasteiger partial charge is 0.490 e. The van der Waals surface area contributed by atoms with E-state index < -0.39 is 36.1 Å². The minimum absolute atomic E-state index is 0.0258. The zero-order valence-corrected chi connectivity index (χ0v) is 12.0. The fourth-order valence-electron chi connectivity index (χ4n) is 1.68. The number of likely N-dealkylation sites (N-methyl/N-ethyl adjacent to an activating group) is 1. The van der Waals surface area contributed by atoms with Crippen LogP contribution in [0, 0.1) is 5.95 Å². The predicted octanol–water partition coefficient (Wildman–Crippen LogP) is 1.18. The summed E-state index contributed by atoms with van der Waals surface area (Å²) in [5.74, 6) is -4.48.